The minimum atomic E-state index is -5.61. The van der Waals surface area contributed by atoms with E-state index >= 15 is 0 Å². The molecule has 1 amide bonds. The Bertz CT molecular complexity index is 939. The van der Waals surface area contributed by atoms with Crippen LogP contribution >= 0.6 is 11.3 Å². The first-order chi connectivity index (χ1) is 11.0. The Morgan fingerprint density at radius 1 is 1.42 bits per heavy atom. The number of phenolic OH excluding ortho intramolecular Hbond substituents is 1. The van der Waals surface area contributed by atoms with Crippen molar-refractivity contribution in [1.29, 1.82) is 0 Å². The summed E-state index contributed by atoms with van der Waals surface area (Å²) in [6.07, 6.45) is 0. The summed E-state index contributed by atoms with van der Waals surface area (Å²) in [5.74, 6) is -0.849. The van der Waals surface area contributed by atoms with E-state index in [4.69, 9.17) is 0 Å². The molecule has 1 heterocycles. The summed E-state index contributed by atoms with van der Waals surface area (Å²) < 4.78 is 51.0. The monoisotopic (exact) mass is 436 g/mol. The van der Waals surface area contributed by atoms with Crippen LogP contribution < -0.4 is 9.67 Å². The molecule has 2 aromatic rings. The molecule has 0 aliphatic rings. The van der Waals surface area contributed by atoms with Gasteiger partial charge in [0.05, 0.1) is 0 Å². The van der Waals surface area contributed by atoms with Crippen LogP contribution in [0.1, 0.15) is 12.6 Å². The van der Waals surface area contributed by atoms with Crippen LogP contribution in [0.25, 0.3) is 0 Å². The number of aromatic nitrogens is 1. The fraction of sp³-hybridized carbons (Fsp3) is 0.167. The third kappa shape index (κ3) is 4.05. The summed E-state index contributed by atoms with van der Waals surface area (Å²) in [7, 11) is -4.51. The second kappa shape index (κ2) is 6.69. The van der Waals surface area contributed by atoms with E-state index in [2.05, 4.69) is 13.5 Å². The third-order valence-electron chi connectivity index (χ3n) is 2.72. The Hall–Kier alpha value is -1.65. The molecule has 1 atom stereocenters. The normalized spacial score (nSPS) is 14.1. The Labute approximate surface area is 144 Å². The van der Waals surface area contributed by atoms with E-state index in [1.807, 2.05) is 0 Å². The van der Waals surface area contributed by atoms with Gasteiger partial charge < -0.3 is 0 Å². The fourth-order valence-electron chi connectivity index (χ4n) is 1.80. The van der Waals surface area contributed by atoms with Crippen molar-refractivity contribution >= 4 is 51.6 Å². The van der Waals surface area contributed by atoms with Gasteiger partial charge in [-0.15, -0.1) is 0 Å². The first-order valence-corrected chi connectivity index (χ1v) is 11.9. The van der Waals surface area contributed by atoms with E-state index in [-0.39, 0.29) is 21.3 Å². The number of anilines is 1. The van der Waals surface area contributed by atoms with Gasteiger partial charge in [-0.2, -0.15) is 0 Å². The summed E-state index contributed by atoms with van der Waals surface area (Å²) in [6, 6.07) is 3.13. The molecule has 130 valence electrons. The molecule has 0 saturated carbocycles. The van der Waals surface area contributed by atoms with E-state index in [0.29, 0.717) is 0 Å². The number of carbonyl (C=O) groups excluding carboxylic acids is 1. The minimum absolute atomic E-state index is 0.142. The quantitative estimate of drug-likeness (QED) is 0.560. The molecule has 12 heteroatoms. The van der Waals surface area contributed by atoms with Gasteiger partial charge in [0, 0.05) is 0 Å². The molecular weight excluding hydrogens is 423 g/mol. The van der Waals surface area contributed by atoms with Crippen LogP contribution in [0.15, 0.2) is 27.9 Å². The zero-order valence-electron chi connectivity index (χ0n) is 12.5. The molecule has 0 aliphatic carbocycles. The Kier molecular flexibility index (Phi) is 5.21. The van der Waals surface area contributed by atoms with Gasteiger partial charge in [-0.05, 0) is 0 Å². The summed E-state index contributed by atoms with van der Waals surface area (Å²) in [5, 5.41) is 11.7. The Morgan fingerprint density at radius 3 is 2.62 bits per heavy atom. The fourth-order valence-corrected chi connectivity index (χ4v) is 8.28. The number of aromatic hydroxyl groups is 1. The first-order valence-electron chi connectivity index (χ1n) is 6.33. The number of aryl methyl sites for hydroxylation is 1. The molecule has 0 radical (unpaired) electrons. The molecule has 2 rings (SSSR count). The van der Waals surface area contributed by atoms with Gasteiger partial charge in [0.2, 0.25) is 0 Å². The Balaban J connectivity index is 2.46. The number of carbonyl (C=O) groups is 1. The maximum atomic E-state index is 12.5. The van der Waals surface area contributed by atoms with Gasteiger partial charge in [-0.3, -0.25) is 0 Å². The number of amides is 1. The molecule has 24 heavy (non-hydrogen) atoms. The first kappa shape index (κ1) is 18.7. The van der Waals surface area contributed by atoms with Crippen molar-refractivity contribution in [2.75, 3.05) is 5.32 Å². The molecular formula is C12H13AsN2O7S2. The third-order valence-corrected chi connectivity index (χ3v) is 10.1. The Morgan fingerprint density at radius 2 is 2.08 bits per heavy atom. The van der Waals surface area contributed by atoms with E-state index < -0.39 is 34.5 Å². The van der Waals surface area contributed by atoms with Crippen molar-refractivity contribution in [2.45, 2.75) is 18.1 Å². The van der Waals surface area contributed by atoms with Gasteiger partial charge in [0.15, 0.2) is 0 Å². The summed E-state index contributed by atoms with van der Waals surface area (Å²) in [5.41, 5.74) is 1.20. The number of thiazole rings is 1. The predicted octanol–water partition coefficient (Wildman–Crippen LogP) is 0.0897. The van der Waals surface area contributed by atoms with Crippen LogP contribution in [0, 0.1) is 6.92 Å². The zero-order valence-corrected chi connectivity index (χ0v) is 16.0. The number of hydrogen-bond donors (Lipinski definition) is 3. The number of hydrogen-bond acceptors (Lipinski definition) is 8. The average molecular weight is 436 g/mol. The van der Waals surface area contributed by atoms with Gasteiger partial charge in [0.1, 0.15) is 0 Å². The molecule has 0 fully saturated rings. The predicted molar refractivity (Wildman–Crippen MR) is 85.8 cm³/mol. The number of nitrogens with zero attached hydrogens (tertiary/aromatic N) is 1. The van der Waals surface area contributed by atoms with Crippen molar-refractivity contribution in [1.82, 2.24) is 4.98 Å². The summed E-state index contributed by atoms with van der Waals surface area (Å²) >= 11 is -4.86. The standard InChI is InChI=1S/C12H13AsN2O7S2/c1-7-12(23-6-14-7)24(20,21)22-13(18,19)10-4-3-9(17)5-11(10)15-8(2)16/h3-6,17H,1-2H3,(H,15,16)(H,18,19). The van der Waals surface area contributed by atoms with Crippen molar-refractivity contribution in [2.24, 2.45) is 0 Å². The molecule has 9 nitrogen and oxygen atoms in total. The maximum absolute atomic E-state index is 12.5. The van der Waals surface area contributed by atoms with Crippen LogP contribution in [-0.4, -0.2) is 42.7 Å². The van der Waals surface area contributed by atoms with Crippen LogP contribution in [0.2, 0.25) is 0 Å². The van der Waals surface area contributed by atoms with Crippen LogP contribution in [-0.2, 0) is 21.8 Å². The van der Waals surface area contributed by atoms with Crippen molar-refractivity contribution < 1.29 is 29.3 Å². The zero-order chi connectivity index (χ0) is 18.1. The average Bonchev–Trinajstić information content (AvgIpc) is 2.83. The molecule has 0 aliphatic heterocycles. The molecule has 3 N–H and O–H groups in total. The van der Waals surface area contributed by atoms with Crippen LogP contribution in [0.4, 0.5) is 5.69 Å². The topological polar surface area (TPSA) is 143 Å². The number of benzene rings is 1. The SMILES string of the molecule is CC(=O)Nc1cc(O)ccc1[As](=O)(O)OS(=O)(=O)c1scnc1C. The number of phenols is 1. The van der Waals surface area contributed by atoms with Gasteiger partial charge in [-0.1, -0.05) is 0 Å². The molecule has 1 unspecified atom stereocenters. The van der Waals surface area contributed by atoms with Crippen molar-refractivity contribution in [3.63, 3.8) is 0 Å². The van der Waals surface area contributed by atoms with E-state index in [1.54, 1.807) is 0 Å². The summed E-state index contributed by atoms with van der Waals surface area (Å²) in [4.78, 5) is 15.0. The van der Waals surface area contributed by atoms with E-state index in [0.717, 1.165) is 36.5 Å². The van der Waals surface area contributed by atoms with Crippen LogP contribution in [0.5, 0.6) is 5.75 Å². The van der Waals surface area contributed by atoms with Crippen LogP contribution in [0.3, 0.4) is 0 Å². The number of nitrogens with one attached hydrogen (secondary N) is 1. The molecule has 1 aromatic heterocycles. The van der Waals surface area contributed by atoms with Gasteiger partial charge in [-0.25, -0.2) is 0 Å². The summed E-state index contributed by atoms with van der Waals surface area (Å²) in [6.45, 7) is 2.58. The van der Waals surface area contributed by atoms with Gasteiger partial charge >= 0.3 is 144 Å². The van der Waals surface area contributed by atoms with Crippen molar-refractivity contribution in [3.8, 4) is 5.75 Å². The molecule has 0 spiro atoms. The van der Waals surface area contributed by atoms with Gasteiger partial charge in [0.25, 0.3) is 0 Å². The van der Waals surface area contributed by atoms with E-state index in [9.17, 15) is 26.2 Å². The molecule has 1 aromatic carbocycles. The molecule has 0 saturated heterocycles. The van der Waals surface area contributed by atoms with E-state index in [1.165, 1.54) is 12.4 Å². The molecule has 0 bridgehead atoms. The van der Waals surface area contributed by atoms with Crippen molar-refractivity contribution in [3.05, 3.63) is 29.4 Å². The second-order valence-corrected chi connectivity index (χ2v) is 11.4. The number of rotatable bonds is 5. The second-order valence-electron chi connectivity index (χ2n) is 4.66.